The molecule has 2 aromatic rings. The number of hydrogen-bond donors (Lipinski definition) is 1. The van der Waals surface area contributed by atoms with Crippen LogP contribution in [0.3, 0.4) is 0 Å². The molecule has 0 spiro atoms. The number of fused-ring (bicyclic) bond motifs is 2. The molecule has 2 aromatic heterocycles. The molecule has 4 heterocycles. The maximum atomic E-state index is 12.8. The molecule has 2 fully saturated rings. The minimum absolute atomic E-state index is 0.0197. The van der Waals surface area contributed by atoms with Crippen molar-refractivity contribution in [3.63, 3.8) is 0 Å². The summed E-state index contributed by atoms with van der Waals surface area (Å²) in [4.78, 5) is 16.8. The Hall–Kier alpha value is -2.28. The van der Waals surface area contributed by atoms with Gasteiger partial charge in [-0.2, -0.15) is 0 Å². The normalized spacial score (nSPS) is 28.2. The first-order valence-electron chi connectivity index (χ1n) is 8.32. The van der Waals surface area contributed by atoms with E-state index in [2.05, 4.69) is 20.6 Å². The zero-order chi connectivity index (χ0) is 16.7. The Bertz CT molecular complexity index is 760. The van der Waals surface area contributed by atoms with Crippen LogP contribution in [0.15, 0.2) is 24.5 Å². The monoisotopic (exact) mass is 327 g/mol. The lowest BCUT2D eigenvalue weighted by atomic mass is 9.75. The van der Waals surface area contributed by atoms with Crippen molar-refractivity contribution >= 4 is 11.7 Å². The van der Waals surface area contributed by atoms with Crippen molar-refractivity contribution in [1.29, 1.82) is 0 Å². The molecule has 7 heteroatoms. The van der Waals surface area contributed by atoms with Gasteiger partial charge in [0.05, 0.1) is 29.9 Å². The Morgan fingerprint density at radius 1 is 1.42 bits per heavy atom. The van der Waals surface area contributed by atoms with Crippen LogP contribution < -0.4 is 5.32 Å². The zero-order valence-corrected chi connectivity index (χ0v) is 13.9. The van der Waals surface area contributed by atoms with Gasteiger partial charge < -0.3 is 10.1 Å². The van der Waals surface area contributed by atoms with Gasteiger partial charge in [-0.25, -0.2) is 4.68 Å². The summed E-state index contributed by atoms with van der Waals surface area (Å²) in [7, 11) is 0. The van der Waals surface area contributed by atoms with E-state index in [1.54, 1.807) is 17.1 Å². The first kappa shape index (κ1) is 15.3. The largest absolute Gasteiger partial charge is 0.374 e. The number of anilines is 1. The Kier molecular flexibility index (Phi) is 3.60. The van der Waals surface area contributed by atoms with Gasteiger partial charge >= 0.3 is 0 Å². The number of carbonyl (C=O) groups is 1. The second-order valence-electron chi connectivity index (χ2n) is 6.94. The molecule has 0 aliphatic carbocycles. The van der Waals surface area contributed by atoms with Gasteiger partial charge in [0.15, 0.2) is 5.82 Å². The van der Waals surface area contributed by atoms with E-state index in [1.165, 1.54) is 0 Å². The molecule has 1 amide bonds. The number of amides is 1. The molecular weight excluding hydrogens is 306 g/mol. The highest BCUT2D eigenvalue weighted by Gasteiger charge is 2.54. The first-order valence-corrected chi connectivity index (χ1v) is 8.32. The van der Waals surface area contributed by atoms with Crippen LogP contribution in [0.2, 0.25) is 0 Å². The topological polar surface area (TPSA) is 81.9 Å². The molecule has 2 bridgehead atoms. The highest BCUT2D eigenvalue weighted by Crippen LogP contribution is 2.48. The van der Waals surface area contributed by atoms with E-state index >= 15 is 0 Å². The van der Waals surface area contributed by atoms with Crippen LogP contribution in [-0.2, 0) is 16.1 Å². The van der Waals surface area contributed by atoms with Crippen LogP contribution >= 0.6 is 0 Å². The van der Waals surface area contributed by atoms with E-state index in [9.17, 15) is 4.79 Å². The highest BCUT2D eigenvalue weighted by molar-refractivity contribution is 5.95. The van der Waals surface area contributed by atoms with Crippen LogP contribution in [0.1, 0.15) is 37.4 Å². The molecule has 3 atom stereocenters. The molecule has 3 unspecified atom stereocenters. The number of pyridine rings is 1. The van der Waals surface area contributed by atoms with E-state index in [-0.39, 0.29) is 18.1 Å². The minimum atomic E-state index is -0.468. The number of aromatic nitrogens is 4. The third-order valence-corrected chi connectivity index (χ3v) is 5.28. The molecule has 0 saturated carbocycles. The van der Waals surface area contributed by atoms with E-state index in [1.807, 2.05) is 26.0 Å². The molecular formula is C17H21N5O2. The summed E-state index contributed by atoms with van der Waals surface area (Å²) in [5.74, 6) is 0.506. The van der Waals surface area contributed by atoms with Crippen molar-refractivity contribution in [2.45, 2.75) is 51.9 Å². The lowest BCUT2D eigenvalue weighted by Crippen LogP contribution is -2.41. The second kappa shape index (κ2) is 5.66. The summed E-state index contributed by atoms with van der Waals surface area (Å²) >= 11 is 0. The lowest BCUT2D eigenvalue weighted by Gasteiger charge is -2.29. The number of hydrogen-bond acceptors (Lipinski definition) is 5. The van der Waals surface area contributed by atoms with Gasteiger partial charge in [-0.15, -0.1) is 5.10 Å². The first-order chi connectivity index (χ1) is 11.6. The predicted octanol–water partition coefficient (Wildman–Crippen LogP) is 1.93. The SMILES string of the molecule is Cc1c(NC(=O)C2(C)CC3CCC2O3)nnn1Cc1ccncc1. The summed E-state index contributed by atoms with van der Waals surface area (Å²) in [6.07, 6.45) is 6.56. The number of carbonyl (C=O) groups excluding carboxylic acids is 1. The van der Waals surface area contributed by atoms with Gasteiger partial charge in [-0.05, 0) is 50.8 Å². The maximum absolute atomic E-state index is 12.8. The third-order valence-electron chi connectivity index (χ3n) is 5.28. The Morgan fingerprint density at radius 2 is 2.21 bits per heavy atom. The molecule has 1 N–H and O–H groups in total. The highest BCUT2D eigenvalue weighted by atomic mass is 16.5. The fourth-order valence-electron chi connectivity index (χ4n) is 3.71. The average Bonchev–Trinajstić information content (AvgIpc) is 3.26. The van der Waals surface area contributed by atoms with Crippen LogP contribution in [0.25, 0.3) is 0 Å². The standard InChI is InChI=1S/C17H21N5O2/c1-11-15(20-21-22(11)10-12-5-7-18-8-6-12)19-16(23)17(2)9-13-3-4-14(17)24-13/h5-8,13-14H,3-4,9-10H2,1-2H3,(H,19,23). The zero-order valence-electron chi connectivity index (χ0n) is 13.9. The minimum Gasteiger partial charge on any atom is -0.374 e. The maximum Gasteiger partial charge on any atom is 0.234 e. The van der Waals surface area contributed by atoms with Crippen LogP contribution in [0, 0.1) is 12.3 Å². The van der Waals surface area contributed by atoms with Gasteiger partial charge in [-0.3, -0.25) is 9.78 Å². The Morgan fingerprint density at radius 3 is 2.88 bits per heavy atom. The number of rotatable bonds is 4. The molecule has 2 saturated heterocycles. The quantitative estimate of drug-likeness (QED) is 0.928. The Balaban J connectivity index is 1.48. The van der Waals surface area contributed by atoms with Crippen LogP contribution in [0.4, 0.5) is 5.82 Å². The van der Waals surface area contributed by atoms with E-state index in [0.29, 0.717) is 12.4 Å². The average molecular weight is 327 g/mol. The van der Waals surface area contributed by atoms with Gasteiger partial charge in [0.1, 0.15) is 0 Å². The number of nitrogens with one attached hydrogen (secondary N) is 1. The van der Waals surface area contributed by atoms with Crippen LogP contribution in [0.5, 0.6) is 0 Å². The molecule has 2 aliphatic rings. The van der Waals surface area contributed by atoms with Crippen molar-refractivity contribution in [3.05, 3.63) is 35.8 Å². The summed E-state index contributed by atoms with van der Waals surface area (Å²) in [6.45, 7) is 4.50. The fourth-order valence-corrected chi connectivity index (χ4v) is 3.71. The molecule has 0 aromatic carbocycles. The lowest BCUT2D eigenvalue weighted by molar-refractivity contribution is -0.127. The second-order valence-corrected chi connectivity index (χ2v) is 6.94. The summed E-state index contributed by atoms with van der Waals surface area (Å²) < 4.78 is 7.64. The van der Waals surface area contributed by atoms with E-state index in [0.717, 1.165) is 30.5 Å². The van der Waals surface area contributed by atoms with E-state index < -0.39 is 5.41 Å². The van der Waals surface area contributed by atoms with Crippen molar-refractivity contribution < 1.29 is 9.53 Å². The molecule has 2 aliphatic heterocycles. The Labute approximate surface area is 140 Å². The molecule has 0 radical (unpaired) electrons. The van der Waals surface area contributed by atoms with Crippen molar-refractivity contribution in [2.24, 2.45) is 5.41 Å². The van der Waals surface area contributed by atoms with Crippen molar-refractivity contribution in [1.82, 2.24) is 20.0 Å². The molecule has 7 nitrogen and oxygen atoms in total. The summed E-state index contributed by atoms with van der Waals surface area (Å²) in [5.41, 5.74) is 1.46. The van der Waals surface area contributed by atoms with Crippen LogP contribution in [-0.4, -0.2) is 38.1 Å². The fraction of sp³-hybridized carbons (Fsp3) is 0.529. The number of ether oxygens (including phenoxy) is 1. The predicted molar refractivity (Wildman–Crippen MR) is 87.3 cm³/mol. The third kappa shape index (κ3) is 2.49. The van der Waals surface area contributed by atoms with Gasteiger partial charge in [-0.1, -0.05) is 5.21 Å². The van der Waals surface area contributed by atoms with E-state index in [4.69, 9.17) is 4.74 Å². The number of nitrogens with zero attached hydrogens (tertiary/aromatic N) is 4. The smallest absolute Gasteiger partial charge is 0.234 e. The van der Waals surface area contributed by atoms with Crippen molar-refractivity contribution in [3.8, 4) is 0 Å². The van der Waals surface area contributed by atoms with Gasteiger partial charge in [0, 0.05) is 12.4 Å². The molecule has 126 valence electrons. The summed E-state index contributed by atoms with van der Waals surface area (Å²) in [5, 5.41) is 11.3. The van der Waals surface area contributed by atoms with Gasteiger partial charge in [0.25, 0.3) is 0 Å². The summed E-state index contributed by atoms with van der Waals surface area (Å²) in [6, 6.07) is 3.88. The molecule has 4 rings (SSSR count). The van der Waals surface area contributed by atoms with Crippen molar-refractivity contribution in [2.75, 3.05) is 5.32 Å². The van der Waals surface area contributed by atoms with Gasteiger partial charge in [0.2, 0.25) is 5.91 Å². The molecule has 24 heavy (non-hydrogen) atoms.